The first-order chi connectivity index (χ1) is 11.0. The van der Waals surface area contributed by atoms with Crippen molar-refractivity contribution in [2.75, 3.05) is 12.3 Å². The second-order valence-electron chi connectivity index (χ2n) is 6.56. The summed E-state index contributed by atoms with van der Waals surface area (Å²) in [5.74, 6) is 0.362. The Hall–Kier alpha value is -1.71. The molecule has 1 rings (SSSR count). The highest BCUT2D eigenvalue weighted by molar-refractivity contribution is 5.95. The SMILES string of the molecule is CC(C)CCCCCCCCCOC(=O)c1cc(O)ccc1N. The van der Waals surface area contributed by atoms with Crippen molar-refractivity contribution in [1.82, 2.24) is 0 Å². The number of hydrogen-bond acceptors (Lipinski definition) is 4. The van der Waals surface area contributed by atoms with E-state index in [0.29, 0.717) is 12.3 Å². The average Bonchev–Trinajstić information content (AvgIpc) is 2.51. The molecule has 0 aliphatic rings. The number of aromatic hydroxyl groups is 1. The van der Waals surface area contributed by atoms with E-state index in [4.69, 9.17) is 10.5 Å². The first-order valence-corrected chi connectivity index (χ1v) is 8.76. The molecule has 1 aromatic carbocycles. The van der Waals surface area contributed by atoms with Crippen LogP contribution in [0.5, 0.6) is 5.75 Å². The minimum atomic E-state index is -0.466. The van der Waals surface area contributed by atoms with E-state index in [-0.39, 0.29) is 11.3 Å². The molecule has 0 amide bonds. The highest BCUT2D eigenvalue weighted by atomic mass is 16.5. The minimum Gasteiger partial charge on any atom is -0.508 e. The van der Waals surface area contributed by atoms with Crippen LogP contribution in [0.25, 0.3) is 0 Å². The largest absolute Gasteiger partial charge is 0.508 e. The lowest BCUT2D eigenvalue weighted by molar-refractivity contribution is 0.0498. The van der Waals surface area contributed by atoms with Crippen LogP contribution in [-0.2, 0) is 4.74 Å². The number of phenolic OH excluding ortho intramolecular Hbond substituents is 1. The number of benzene rings is 1. The van der Waals surface area contributed by atoms with E-state index in [1.165, 1.54) is 56.7 Å². The van der Waals surface area contributed by atoms with Crippen LogP contribution in [-0.4, -0.2) is 17.7 Å². The van der Waals surface area contributed by atoms with Crippen molar-refractivity contribution in [3.8, 4) is 5.75 Å². The second-order valence-corrected chi connectivity index (χ2v) is 6.56. The normalized spacial score (nSPS) is 10.9. The van der Waals surface area contributed by atoms with Gasteiger partial charge in [0.1, 0.15) is 5.75 Å². The molecule has 0 unspecified atom stereocenters. The second kappa shape index (κ2) is 10.9. The number of carbonyl (C=O) groups is 1. The number of ether oxygens (including phenoxy) is 1. The molecule has 0 radical (unpaired) electrons. The Morgan fingerprint density at radius 1 is 1.09 bits per heavy atom. The van der Waals surface area contributed by atoms with Gasteiger partial charge in [-0.15, -0.1) is 0 Å². The zero-order chi connectivity index (χ0) is 17.1. The van der Waals surface area contributed by atoms with Crippen molar-refractivity contribution in [2.45, 2.75) is 65.2 Å². The quantitative estimate of drug-likeness (QED) is 0.263. The topological polar surface area (TPSA) is 72.5 Å². The third kappa shape index (κ3) is 8.48. The van der Waals surface area contributed by atoms with Crippen LogP contribution in [0.15, 0.2) is 18.2 Å². The Labute approximate surface area is 140 Å². The third-order valence-electron chi connectivity index (χ3n) is 3.92. The lowest BCUT2D eigenvalue weighted by Gasteiger charge is -2.07. The molecule has 0 heterocycles. The van der Waals surface area contributed by atoms with E-state index in [9.17, 15) is 9.90 Å². The van der Waals surface area contributed by atoms with Gasteiger partial charge in [-0.1, -0.05) is 58.8 Å². The molecule has 0 saturated carbocycles. The van der Waals surface area contributed by atoms with Gasteiger partial charge in [-0.05, 0) is 30.5 Å². The molecule has 3 N–H and O–H groups in total. The number of esters is 1. The number of unbranched alkanes of at least 4 members (excludes halogenated alkanes) is 6. The van der Waals surface area contributed by atoms with Crippen molar-refractivity contribution in [3.05, 3.63) is 23.8 Å². The van der Waals surface area contributed by atoms with Gasteiger partial charge in [-0.2, -0.15) is 0 Å². The van der Waals surface area contributed by atoms with Crippen molar-refractivity contribution in [3.63, 3.8) is 0 Å². The predicted molar refractivity (Wildman–Crippen MR) is 94.6 cm³/mol. The molecular weight excluding hydrogens is 290 g/mol. The predicted octanol–water partition coefficient (Wildman–Crippen LogP) is 4.91. The van der Waals surface area contributed by atoms with Crippen LogP contribution < -0.4 is 5.73 Å². The Kier molecular flexibility index (Phi) is 9.18. The summed E-state index contributed by atoms with van der Waals surface area (Å²) in [6.45, 7) is 4.94. The van der Waals surface area contributed by atoms with Gasteiger partial charge in [-0.3, -0.25) is 0 Å². The highest BCUT2D eigenvalue weighted by Crippen LogP contribution is 2.19. The van der Waals surface area contributed by atoms with Gasteiger partial charge in [0, 0.05) is 5.69 Å². The van der Waals surface area contributed by atoms with Gasteiger partial charge >= 0.3 is 5.97 Å². The van der Waals surface area contributed by atoms with Gasteiger partial charge in [0.25, 0.3) is 0 Å². The molecule has 0 aromatic heterocycles. The number of hydrogen-bond donors (Lipinski definition) is 2. The Morgan fingerprint density at radius 3 is 2.35 bits per heavy atom. The van der Waals surface area contributed by atoms with Gasteiger partial charge in [0.15, 0.2) is 0 Å². The average molecular weight is 321 g/mol. The molecule has 130 valence electrons. The number of nitrogens with two attached hydrogens (primary N) is 1. The fourth-order valence-corrected chi connectivity index (χ4v) is 2.50. The molecule has 0 atom stereocenters. The van der Waals surface area contributed by atoms with E-state index in [0.717, 1.165) is 18.8 Å². The van der Waals surface area contributed by atoms with Gasteiger partial charge in [0.2, 0.25) is 0 Å². The first kappa shape index (κ1) is 19.3. The van der Waals surface area contributed by atoms with Crippen LogP contribution >= 0.6 is 0 Å². The fraction of sp³-hybridized carbons (Fsp3) is 0.632. The summed E-state index contributed by atoms with van der Waals surface area (Å²) in [6.07, 6.45) is 9.67. The number of anilines is 1. The Bertz CT molecular complexity index is 472. The summed E-state index contributed by atoms with van der Waals surface area (Å²) in [7, 11) is 0. The van der Waals surface area contributed by atoms with Crippen molar-refractivity contribution in [2.24, 2.45) is 5.92 Å². The molecule has 4 nitrogen and oxygen atoms in total. The molecule has 0 spiro atoms. The number of phenols is 1. The monoisotopic (exact) mass is 321 g/mol. The standard InChI is InChI=1S/C19H31NO3/c1-15(2)10-8-6-4-3-5-7-9-13-23-19(22)17-14-16(21)11-12-18(17)20/h11-12,14-15,21H,3-10,13,20H2,1-2H3. The van der Waals surface area contributed by atoms with Crippen LogP contribution in [0.4, 0.5) is 5.69 Å². The molecule has 23 heavy (non-hydrogen) atoms. The summed E-state index contributed by atoms with van der Waals surface area (Å²) in [5.41, 5.74) is 6.27. The summed E-state index contributed by atoms with van der Waals surface area (Å²) in [6, 6.07) is 4.30. The Balaban J connectivity index is 2.04. The maximum atomic E-state index is 11.9. The number of nitrogen functional groups attached to an aromatic ring is 1. The molecule has 0 aliphatic heterocycles. The summed E-state index contributed by atoms with van der Waals surface area (Å²) in [4.78, 5) is 11.9. The zero-order valence-electron chi connectivity index (χ0n) is 14.5. The van der Waals surface area contributed by atoms with Gasteiger partial charge in [0.05, 0.1) is 12.2 Å². The fourth-order valence-electron chi connectivity index (χ4n) is 2.50. The smallest absolute Gasteiger partial charge is 0.340 e. The number of carbonyl (C=O) groups excluding carboxylic acids is 1. The first-order valence-electron chi connectivity index (χ1n) is 8.76. The van der Waals surface area contributed by atoms with Gasteiger partial charge < -0.3 is 15.6 Å². The molecule has 1 aromatic rings. The summed E-state index contributed by atoms with van der Waals surface area (Å²) >= 11 is 0. The van der Waals surface area contributed by atoms with Crippen LogP contribution in [0.3, 0.4) is 0 Å². The maximum Gasteiger partial charge on any atom is 0.340 e. The molecular formula is C19H31NO3. The van der Waals surface area contributed by atoms with E-state index in [2.05, 4.69) is 13.8 Å². The van der Waals surface area contributed by atoms with E-state index in [1.54, 1.807) is 0 Å². The van der Waals surface area contributed by atoms with Crippen molar-refractivity contribution in [1.29, 1.82) is 0 Å². The lowest BCUT2D eigenvalue weighted by Crippen LogP contribution is -2.09. The molecule has 4 heteroatoms. The highest BCUT2D eigenvalue weighted by Gasteiger charge is 2.11. The molecule has 0 fully saturated rings. The minimum absolute atomic E-state index is 0.0172. The summed E-state index contributed by atoms with van der Waals surface area (Å²) in [5, 5.41) is 9.38. The van der Waals surface area contributed by atoms with Crippen molar-refractivity contribution < 1.29 is 14.6 Å². The Morgan fingerprint density at radius 2 is 1.70 bits per heavy atom. The lowest BCUT2D eigenvalue weighted by atomic mass is 10.0. The zero-order valence-corrected chi connectivity index (χ0v) is 14.5. The summed E-state index contributed by atoms with van der Waals surface area (Å²) < 4.78 is 5.21. The van der Waals surface area contributed by atoms with Crippen LogP contribution in [0, 0.1) is 5.92 Å². The van der Waals surface area contributed by atoms with E-state index >= 15 is 0 Å². The van der Waals surface area contributed by atoms with Crippen molar-refractivity contribution >= 4 is 11.7 Å². The number of rotatable bonds is 11. The molecule has 0 saturated heterocycles. The molecule has 0 aliphatic carbocycles. The van der Waals surface area contributed by atoms with E-state index in [1.807, 2.05) is 0 Å². The molecule has 0 bridgehead atoms. The van der Waals surface area contributed by atoms with Gasteiger partial charge in [-0.25, -0.2) is 4.79 Å². The maximum absolute atomic E-state index is 11.9. The van der Waals surface area contributed by atoms with Crippen LogP contribution in [0.1, 0.15) is 75.6 Å². The van der Waals surface area contributed by atoms with Crippen LogP contribution in [0.2, 0.25) is 0 Å². The third-order valence-corrected chi connectivity index (χ3v) is 3.92. The van der Waals surface area contributed by atoms with E-state index < -0.39 is 5.97 Å².